The van der Waals surface area contributed by atoms with Gasteiger partial charge in [-0.1, -0.05) is 12.1 Å². The van der Waals surface area contributed by atoms with Gasteiger partial charge in [0.25, 0.3) is 0 Å². The zero-order valence-electron chi connectivity index (χ0n) is 22.9. The summed E-state index contributed by atoms with van der Waals surface area (Å²) in [6.45, 7) is 8.64. The summed E-state index contributed by atoms with van der Waals surface area (Å²) in [5.41, 5.74) is 4.22. The average molecular weight is 547 g/mol. The highest BCUT2D eigenvalue weighted by molar-refractivity contribution is 7.25. The van der Waals surface area contributed by atoms with Crippen molar-refractivity contribution >= 4 is 22.7 Å². The minimum atomic E-state index is -0.193. The fourth-order valence-electron chi connectivity index (χ4n) is 5.38. The van der Waals surface area contributed by atoms with Gasteiger partial charge < -0.3 is 18.9 Å². The lowest BCUT2D eigenvalue weighted by atomic mass is 9.92. The molecule has 0 aliphatic carbocycles. The molecule has 2 aliphatic heterocycles. The van der Waals surface area contributed by atoms with Crippen LogP contribution in [0.15, 0.2) is 48.5 Å². The van der Waals surface area contributed by atoms with Crippen molar-refractivity contribution in [1.82, 2.24) is 0 Å². The van der Waals surface area contributed by atoms with Crippen molar-refractivity contribution in [2.24, 2.45) is 0 Å². The quantitative estimate of drug-likeness (QED) is 0.250. The Kier molecular flexibility index (Phi) is 6.23. The first-order valence-corrected chi connectivity index (χ1v) is 14.8. The summed E-state index contributed by atoms with van der Waals surface area (Å²) >= 11 is 3.55. The maximum Gasteiger partial charge on any atom is 0.135 e. The number of rotatable bonds is 5. The van der Waals surface area contributed by atoms with Crippen molar-refractivity contribution < 1.29 is 18.9 Å². The molecule has 0 saturated heterocycles. The third-order valence-electron chi connectivity index (χ3n) is 7.54. The number of aryl methyl sites for hydroxylation is 2. The van der Waals surface area contributed by atoms with E-state index in [0.29, 0.717) is 0 Å². The molecule has 4 nitrogen and oxygen atoms in total. The minimum Gasteiger partial charge on any atom is -0.496 e. The van der Waals surface area contributed by atoms with Gasteiger partial charge in [-0.3, -0.25) is 0 Å². The first-order valence-electron chi connectivity index (χ1n) is 13.2. The molecule has 0 unspecified atom stereocenters. The van der Waals surface area contributed by atoms with Crippen molar-refractivity contribution in [3.05, 3.63) is 59.7 Å². The third-order valence-corrected chi connectivity index (χ3v) is 9.94. The van der Waals surface area contributed by atoms with E-state index in [9.17, 15) is 0 Å². The van der Waals surface area contributed by atoms with Crippen LogP contribution in [0.3, 0.4) is 0 Å². The van der Waals surface area contributed by atoms with Gasteiger partial charge in [0, 0.05) is 19.5 Å². The molecule has 0 fully saturated rings. The van der Waals surface area contributed by atoms with E-state index < -0.39 is 0 Å². The Bertz CT molecular complexity index is 1390. The van der Waals surface area contributed by atoms with Crippen LogP contribution in [0.1, 0.15) is 51.7 Å². The van der Waals surface area contributed by atoms with Crippen LogP contribution in [0.2, 0.25) is 0 Å². The van der Waals surface area contributed by atoms with Crippen LogP contribution in [-0.2, 0) is 12.8 Å². The Hall–Kier alpha value is -2.96. The fraction of sp³-hybridized carbons (Fsp3) is 0.375. The highest BCUT2D eigenvalue weighted by atomic mass is 32.1. The average Bonchev–Trinajstić information content (AvgIpc) is 3.56. The molecule has 6 rings (SSSR count). The zero-order valence-corrected chi connectivity index (χ0v) is 24.5. The SMILES string of the molecule is COc1ccc2c(c1-c1ccc(-c3ccc(-c4c(OC)ccc5c4OC(C)(C)CC5)s3)s1)OC(C)(C)CC2. The molecule has 2 aromatic carbocycles. The molecule has 2 aliphatic rings. The molecule has 0 amide bonds. The third kappa shape index (κ3) is 4.48. The lowest BCUT2D eigenvalue weighted by Crippen LogP contribution is -2.32. The van der Waals surface area contributed by atoms with Crippen molar-refractivity contribution in [3.8, 4) is 53.6 Å². The molecular weight excluding hydrogens is 512 g/mol. The van der Waals surface area contributed by atoms with Gasteiger partial charge in [-0.05, 0) is 101 Å². The van der Waals surface area contributed by atoms with Gasteiger partial charge in [0.05, 0.1) is 25.3 Å². The molecule has 0 atom stereocenters. The number of benzene rings is 2. The van der Waals surface area contributed by atoms with Gasteiger partial charge >= 0.3 is 0 Å². The molecule has 198 valence electrons. The smallest absolute Gasteiger partial charge is 0.135 e. The van der Waals surface area contributed by atoms with Crippen molar-refractivity contribution in [2.45, 2.75) is 64.6 Å². The van der Waals surface area contributed by atoms with Gasteiger partial charge in [0.2, 0.25) is 0 Å². The normalized spacial score (nSPS) is 17.1. The largest absolute Gasteiger partial charge is 0.496 e. The molecule has 4 aromatic rings. The van der Waals surface area contributed by atoms with Crippen LogP contribution < -0.4 is 18.9 Å². The molecule has 4 heterocycles. The van der Waals surface area contributed by atoms with Gasteiger partial charge in [0.15, 0.2) is 0 Å². The number of thiophene rings is 2. The monoisotopic (exact) mass is 546 g/mol. The first-order chi connectivity index (χ1) is 18.2. The van der Waals surface area contributed by atoms with E-state index >= 15 is 0 Å². The summed E-state index contributed by atoms with van der Waals surface area (Å²) < 4.78 is 24.7. The second-order valence-electron chi connectivity index (χ2n) is 11.3. The van der Waals surface area contributed by atoms with Crippen LogP contribution >= 0.6 is 22.7 Å². The van der Waals surface area contributed by atoms with E-state index in [-0.39, 0.29) is 11.2 Å². The van der Waals surface area contributed by atoms with Crippen LogP contribution in [0.4, 0.5) is 0 Å². The topological polar surface area (TPSA) is 36.9 Å². The van der Waals surface area contributed by atoms with E-state index in [4.69, 9.17) is 18.9 Å². The van der Waals surface area contributed by atoms with Gasteiger partial charge in [0.1, 0.15) is 34.2 Å². The Labute approximate surface area is 233 Å². The highest BCUT2D eigenvalue weighted by Crippen LogP contribution is 2.52. The second-order valence-corrected chi connectivity index (χ2v) is 13.5. The molecule has 0 spiro atoms. The van der Waals surface area contributed by atoms with Crippen LogP contribution in [0.5, 0.6) is 23.0 Å². The molecule has 38 heavy (non-hydrogen) atoms. The summed E-state index contributed by atoms with van der Waals surface area (Å²) in [6.07, 6.45) is 4.03. The van der Waals surface area contributed by atoms with E-state index in [2.05, 4.69) is 76.2 Å². The molecular formula is C32H34O4S2. The zero-order chi connectivity index (χ0) is 26.7. The predicted molar refractivity (Wildman–Crippen MR) is 158 cm³/mol. The number of methoxy groups -OCH3 is 2. The second kappa shape index (κ2) is 9.35. The van der Waals surface area contributed by atoms with Crippen LogP contribution in [0, 0.1) is 0 Å². The maximum atomic E-state index is 6.52. The summed E-state index contributed by atoms with van der Waals surface area (Å²) in [5.74, 6) is 3.62. The van der Waals surface area contributed by atoms with E-state index in [1.807, 2.05) is 0 Å². The molecule has 2 aromatic heterocycles. The summed E-state index contributed by atoms with van der Waals surface area (Å²) in [4.78, 5) is 4.74. The highest BCUT2D eigenvalue weighted by Gasteiger charge is 2.32. The number of ether oxygens (including phenoxy) is 4. The predicted octanol–water partition coefficient (Wildman–Crippen LogP) is 9.04. The summed E-state index contributed by atoms with van der Waals surface area (Å²) in [5, 5.41) is 0. The summed E-state index contributed by atoms with van der Waals surface area (Å²) in [6, 6.07) is 17.2. The maximum absolute atomic E-state index is 6.52. The number of fused-ring (bicyclic) bond motifs is 2. The molecule has 0 N–H and O–H groups in total. The molecule has 0 saturated carbocycles. The minimum absolute atomic E-state index is 0.193. The van der Waals surface area contributed by atoms with Crippen molar-refractivity contribution in [2.75, 3.05) is 14.2 Å². The molecule has 0 bridgehead atoms. The molecule has 6 heteroatoms. The van der Waals surface area contributed by atoms with Gasteiger partial charge in [-0.2, -0.15) is 0 Å². The van der Waals surface area contributed by atoms with Crippen molar-refractivity contribution in [3.63, 3.8) is 0 Å². The first kappa shape index (κ1) is 25.3. The lowest BCUT2D eigenvalue weighted by Gasteiger charge is -2.34. The van der Waals surface area contributed by atoms with Gasteiger partial charge in [-0.15, -0.1) is 22.7 Å². The Balaban J connectivity index is 1.40. The molecule has 0 radical (unpaired) electrons. The number of hydrogen-bond donors (Lipinski definition) is 0. The standard InChI is InChI=1S/C32H34O4S2/c1-31(2)17-15-19-7-9-21(33-5)27(29(19)35-31)25-13-11-23(37-25)24-12-14-26(38-24)28-22(34-6)10-8-20-16-18-32(3,4)36-30(20)28/h7-14H,15-18H2,1-6H3. The van der Waals surface area contributed by atoms with E-state index in [1.54, 1.807) is 36.9 Å². The van der Waals surface area contributed by atoms with Crippen LogP contribution in [-0.4, -0.2) is 25.4 Å². The van der Waals surface area contributed by atoms with Crippen LogP contribution in [0.25, 0.3) is 30.6 Å². The fourth-order valence-corrected chi connectivity index (χ4v) is 7.58. The lowest BCUT2D eigenvalue weighted by molar-refractivity contribution is 0.0848. The Morgan fingerprint density at radius 3 is 1.37 bits per heavy atom. The van der Waals surface area contributed by atoms with E-state index in [1.165, 1.54) is 20.9 Å². The number of hydrogen-bond acceptors (Lipinski definition) is 6. The van der Waals surface area contributed by atoms with E-state index in [0.717, 1.165) is 69.6 Å². The Morgan fingerprint density at radius 2 is 0.974 bits per heavy atom. The summed E-state index contributed by atoms with van der Waals surface area (Å²) in [7, 11) is 3.47. The Morgan fingerprint density at radius 1 is 0.579 bits per heavy atom. The van der Waals surface area contributed by atoms with Crippen molar-refractivity contribution in [1.29, 1.82) is 0 Å². The van der Waals surface area contributed by atoms with Gasteiger partial charge in [-0.25, -0.2) is 0 Å².